The van der Waals surface area contributed by atoms with Crippen molar-refractivity contribution in [3.8, 4) is 5.75 Å². The molecule has 0 bridgehead atoms. The third kappa shape index (κ3) is 2.63. The molecule has 0 saturated carbocycles. The molecule has 0 radical (unpaired) electrons. The van der Waals surface area contributed by atoms with Crippen LogP contribution < -0.4 is 10.6 Å². The molecule has 0 aliphatic carbocycles. The minimum atomic E-state index is -0.510. The van der Waals surface area contributed by atoms with Crippen molar-refractivity contribution < 1.29 is 14.5 Å². The van der Waals surface area contributed by atoms with E-state index in [2.05, 4.69) is 0 Å². The van der Waals surface area contributed by atoms with Crippen LogP contribution in [0.1, 0.15) is 12.8 Å². The number of nitro groups is 1. The molecule has 96 valence electrons. The van der Waals surface area contributed by atoms with Crippen molar-refractivity contribution in [1.29, 1.82) is 0 Å². The predicted octanol–water partition coefficient (Wildman–Crippen LogP) is 0.838. The van der Waals surface area contributed by atoms with E-state index in [0.29, 0.717) is 13.0 Å². The van der Waals surface area contributed by atoms with Crippen molar-refractivity contribution in [2.45, 2.75) is 18.9 Å². The van der Waals surface area contributed by atoms with E-state index in [4.69, 9.17) is 10.6 Å². The van der Waals surface area contributed by atoms with Gasteiger partial charge in [0.2, 0.25) is 0 Å². The number of ether oxygens (including phenoxy) is 1. The Balaban J connectivity index is 2.00. The van der Waals surface area contributed by atoms with Crippen LogP contribution >= 0.6 is 0 Å². The summed E-state index contributed by atoms with van der Waals surface area (Å²) >= 11 is 0. The highest BCUT2D eigenvalue weighted by atomic mass is 16.6. The van der Waals surface area contributed by atoms with Crippen molar-refractivity contribution in [2.75, 3.05) is 6.54 Å². The van der Waals surface area contributed by atoms with Gasteiger partial charge in [-0.3, -0.25) is 16.0 Å². The summed E-state index contributed by atoms with van der Waals surface area (Å²) in [4.78, 5) is 21.7. The SMILES string of the molecule is NN1CCC[C@H]1C(=O)Oc1ccc([N+](=O)[O-])cc1. The normalized spacial score (nSPS) is 19.7. The molecule has 1 aliphatic heterocycles. The third-order valence-electron chi connectivity index (χ3n) is 2.83. The largest absolute Gasteiger partial charge is 0.425 e. The second-order valence-electron chi connectivity index (χ2n) is 4.07. The van der Waals surface area contributed by atoms with E-state index in [0.717, 1.165) is 6.42 Å². The number of hydrogen-bond donors (Lipinski definition) is 1. The maximum Gasteiger partial charge on any atom is 0.330 e. The molecule has 0 aromatic heterocycles. The number of carbonyl (C=O) groups excluding carboxylic acids is 1. The van der Waals surface area contributed by atoms with Gasteiger partial charge in [-0.25, -0.2) is 9.80 Å². The molecule has 2 N–H and O–H groups in total. The van der Waals surface area contributed by atoms with Crippen molar-refractivity contribution in [2.24, 2.45) is 5.84 Å². The number of esters is 1. The van der Waals surface area contributed by atoms with Crippen LogP contribution in [0.2, 0.25) is 0 Å². The van der Waals surface area contributed by atoms with Crippen LogP contribution in [0.15, 0.2) is 24.3 Å². The van der Waals surface area contributed by atoms with Crippen LogP contribution in [0.5, 0.6) is 5.75 Å². The molecule has 1 atom stereocenters. The van der Waals surface area contributed by atoms with Crippen LogP contribution in [0.25, 0.3) is 0 Å². The Kier molecular flexibility index (Phi) is 3.54. The van der Waals surface area contributed by atoms with Gasteiger partial charge in [-0.2, -0.15) is 0 Å². The third-order valence-corrected chi connectivity index (χ3v) is 2.83. The lowest BCUT2D eigenvalue weighted by Crippen LogP contribution is -2.42. The molecule has 1 aromatic carbocycles. The smallest absolute Gasteiger partial charge is 0.330 e. The van der Waals surface area contributed by atoms with Gasteiger partial charge < -0.3 is 4.74 Å². The van der Waals surface area contributed by atoms with Crippen molar-refractivity contribution in [3.63, 3.8) is 0 Å². The van der Waals surface area contributed by atoms with Crippen molar-refractivity contribution in [3.05, 3.63) is 34.4 Å². The Morgan fingerprint density at radius 1 is 1.44 bits per heavy atom. The number of rotatable bonds is 3. The van der Waals surface area contributed by atoms with E-state index in [-0.39, 0.29) is 11.4 Å². The van der Waals surface area contributed by atoms with E-state index < -0.39 is 16.9 Å². The summed E-state index contributed by atoms with van der Waals surface area (Å²) < 4.78 is 5.12. The van der Waals surface area contributed by atoms with Crippen LogP contribution in [0.3, 0.4) is 0 Å². The van der Waals surface area contributed by atoms with E-state index in [1.165, 1.54) is 29.3 Å². The average Bonchev–Trinajstić information content (AvgIpc) is 2.76. The Labute approximate surface area is 103 Å². The molecule has 1 fully saturated rings. The standard InChI is InChI=1S/C11H13N3O4/c12-13-7-1-2-10(13)11(15)18-9-5-3-8(4-6-9)14(16)17/h3-6,10H,1-2,7,12H2/t10-/m0/s1. The molecule has 1 heterocycles. The lowest BCUT2D eigenvalue weighted by molar-refractivity contribution is -0.384. The molecule has 1 aliphatic rings. The summed E-state index contributed by atoms with van der Waals surface area (Å²) in [5.74, 6) is 5.50. The van der Waals surface area contributed by atoms with Gasteiger partial charge in [-0.15, -0.1) is 0 Å². The van der Waals surface area contributed by atoms with Gasteiger partial charge in [-0.05, 0) is 25.0 Å². The summed E-state index contributed by atoms with van der Waals surface area (Å²) in [6, 6.07) is 4.94. The van der Waals surface area contributed by atoms with Crippen LogP contribution in [-0.2, 0) is 4.79 Å². The highest BCUT2D eigenvalue weighted by Crippen LogP contribution is 2.20. The number of carbonyl (C=O) groups is 1. The molecule has 1 saturated heterocycles. The molecule has 0 unspecified atom stereocenters. The Morgan fingerprint density at radius 2 is 2.11 bits per heavy atom. The fourth-order valence-electron chi connectivity index (χ4n) is 1.86. The topological polar surface area (TPSA) is 98.7 Å². The van der Waals surface area contributed by atoms with Gasteiger partial charge >= 0.3 is 5.97 Å². The lowest BCUT2D eigenvalue weighted by atomic mass is 10.2. The van der Waals surface area contributed by atoms with E-state index in [1.807, 2.05) is 0 Å². The number of nitrogens with two attached hydrogens (primary N) is 1. The van der Waals surface area contributed by atoms with Gasteiger partial charge in [0.05, 0.1) is 4.92 Å². The second kappa shape index (κ2) is 5.11. The first-order valence-electron chi connectivity index (χ1n) is 5.55. The monoisotopic (exact) mass is 251 g/mol. The molecule has 18 heavy (non-hydrogen) atoms. The number of hydrazine groups is 1. The first-order chi connectivity index (χ1) is 8.58. The number of nitrogens with zero attached hydrogens (tertiary/aromatic N) is 2. The molecule has 1 aromatic rings. The van der Waals surface area contributed by atoms with Crippen LogP contribution in [-0.4, -0.2) is 28.5 Å². The number of non-ortho nitro benzene ring substituents is 1. The number of nitro benzene ring substituents is 1. The van der Waals surface area contributed by atoms with Gasteiger partial charge in [0, 0.05) is 18.7 Å². The van der Waals surface area contributed by atoms with Crippen LogP contribution in [0, 0.1) is 10.1 Å². The Hall–Kier alpha value is -1.99. The van der Waals surface area contributed by atoms with Gasteiger partial charge in [0.25, 0.3) is 5.69 Å². The Morgan fingerprint density at radius 3 is 2.61 bits per heavy atom. The Bertz CT molecular complexity index is 460. The molecular formula is C11H13N3O4. The van der Waals surface area contributed by atoms with E-state index in [1.54, 1.807) is 0 Å². The molecule has 2 rings (SSSR count). The van der Waals surface area contributed by atoms with E-state index >= 15 is 0 Å². The zero-order valence-corrected chi connectivity index (χ0v) is 9.61. The minimum absolute atomic E-state index is 0.0453. The summed E-state index contributed by atoms with van der Waals surface area (Å²) in [6.45, 7) is 0.667. The van der Waals surface area contributed by atoms with Crippen molar-refractivity contribution >= 4 is 11.7 Å². The van der Waals surface area contributed by atoms with Crippen LogP contribution in [0.4, 0.5) is 5.69 Å². The molecule has 7 nitrogen and oxygen atoms in total. The van der Waals surface area contributed by atoms with E-state index in [9.17, 15) is 14.9 Å². The molecule has 0 amide bonds. The quantitative estimate of drug-likeness (QED) is 0.281. The molecule has 0 spiro atoms. The zero-order valence-electron chi connectivity index (χ0n) is 9.61. The highest BCUT2D eigenvalue weighted by molar-refractivity contribution is 5.78. The first-order valence-corrected chi connectivity index (χ1v) is 5.55. The fraction of sp³-hybridized carbons (Fsp3) is 0.364. The second-order valence-corrected chi connectivity index (χ2v) is 4.07. The molecular weight excluding hydrogens is 238 g/mol. The van der Waals surface area contributed by atoms with Gasteiger partial charge in [-0.1, -0.05) is 0 Å². The molecule has 7 heteroatoms. The summed E-state index contributed by atoms with van der Waals surface area (Å²) in [5, 5.41) is 11.9. The average molecular weight is 251 g/mol. The summed E-state index contributed by atoms with van der Waals surface area (Å²) in [6.07, 6.45) is 1.53. The maximum atomic E-state index is 11.8. The first kappa shape index (κ1) is 12.5. The maximum absolute atomic E-state index is 11.8. The van der Waals surface area contributed by atoms with Gasteiger partial charge in [0.1, 0.15) is 11.8 Å². The van der Waals surface area contributed by atoms with Crippen molar-refractivity contribution in [1.82, 2.24) is 5.01 Å². The fourth-order valence-corrected chi connectivity index (χ4v) is 1.86. The van der Waals surface area contributed by atoms with Gasteiger partial charge in [0.15, 0.2) is 0 Å². The summed E-state index contributed by atoms with van der Waals surface area (Å²) in [7, 11) is 0. The minimum Gasteiger partial charge on any atom is -0.425 e. The summed E-state index contributed by atoms with van der Waals surface area (Å²) in [5.41, 5.74) is -0.0453. The lowest BCUT2D eigenvalue weighted by Gasteiger charge is -2.16. The highest BCUT2D eigenvalue weighted by Gasteiger charge is 2.30. The zero-order chi connectivity index (χ0) is 13.1. The number of hydrogen-bond acceptors (Lipinski definition) is 6. The predicted molar refractivity (Wildman–Crippen MR) is 62.6 cm³/mol. The number of benzene rings is 1.